The maximum Gasteiger partial charge on any atom is 0.251 e. The second kappa shape index (κ2) is 7.09. The van der Waals surface area contributed by atoms with Crippen LogP contribution in [-0.2, 0) is 6.42 Å². The van der Waals surface area contributed by atoms with E-state index in [1.54, 1.807) is 25.4 Å². The highest BCUT2D eigenvalue weighted by molar-refractivity contribution is 5.94. The molecule has 0 spiro atoms. The molecule has 5 heteroatoms. The van der Waals surface area contributed by atoms with Gasteiger partial charge < -0.3 is 10.4 Å². The zero-order valence-electron chi connectivity index (χ0n) is 13.6. The Kier molecular flexibility index (Phi) is 4.90. The average molecular weight is 328 g/mol. The lowest BCUT2D eigenvalue weighted by molar-refractivity contribution is 0.0239. The number of pyridine rings is 1. The number of aliphatic hydroxyl groups is 1. The van der Waals surface area contributed by atoms with Crippen LogP contribution in [0.3, 0.4) is 0 Å². The number of amides is 1. The second-order valence-electron chi connectivity index (χ2n) is 6.49. The Balaban J connectivity index is 1.73. The molecule has 0 bridgehead atoms. The fourth-order valence-electron chi connectivity index (χ4n) is 3.10. The van der Waals surface area contributed by atoms with E-state index in [1.807, 2.05) is 12.1 Å². The molecule has 1 aliphatic rings. The molecule has 1 amide bonds. The van der Waals surface area contributed by atoms with Crippen molar-refractivity contribution in [3.63, 3.8) is 0 Å². The lowest BCUT2D eigenvalue weighted by Gasteiger charge is -2.38. The van der Waals surface area contributed by atoms with Crippen molar-refractivity contribution in [1.29, 1.82) is 0 Å². The molecular formula is C19H21FN2O2. The van der Waals surface area contributed by atoms with Gasteiger partial charge in [0.25, 0.3) is 5.91 Å². The number of hydrogen-bond donors (Lipinski definition) is 2. The summed E-state index contributed by atoms with van der Waals surface area (Å²) in [4.78, 5) is 16.5. The van der Waals surface area contributed by atoms with Gasteiger partial charge in [0, 0.05) is 24.0 Å². The number of hydrogen-bond acceptors (Lipinski definition) is 3. The third-order valence-corrected chi connectivity index (χ3v) is 4.66. The molecule has 2 aromatic rings. The highest BCUT2D eigenvalue weighted by Crippen LogP contribution is 2.32. The molecule has 4 nitrogen and oxygen atoms in total. The van der Waals surface area contributed by atoms with Gasteiger partial charge in [-0.05, 0) is 73.6 Å². The van der Waals surface area contributed by atoms with Gasteiger partial charge in [-0.3, -0.25) is 9.78 Å². The largest absolute Gasteiger partial charge is 0.393 e. The van der Waals surface area contributed by atoms with E-state index >= 15 is 0 Å². The molecule has 2 N–H and O–H groups in total. The van der Waals surface area contributed by atoms with E-state index in [1.165, 1.54) is 12.1 Å². The van der Waals surface area contributed by atoms with Crippen LogP contribution in [0.5, 0.6) is 0 Å². The highest BCUT2D eigenvalue weighted by Gasteiger charge is 2.34. The van der Waals surface area contributed by atoms with Gasteiger partial charge in [0.05, 0.1) is 6.10 Å². The van der Waals surface area contributed by atoms with E-state index in [4.69, 9.17) is 0 Å². The minimum absolute atomic E-state index is 0.0614. The summed E-state index contributed by atoms with van der Waals surface area (Å²) < 4.78 is 13.4. The van der Waals surface area contributed by atoms with Gasteiger partial charge in [0.1, 0.15) is 5.82 Å². The van der Waals surface area contributed by atoms with Crippen LogP contribution in [0.1, 0.15) is 34.3 Å². The van der Waals surface area contributed by atoms with Crippen LogP contribution in [-0.4, -0.2) is 28.1 Å². The molecule has 0 unspecified atom stereocenters. The van der Waals surface area contributed by atoms with Crippen LogP contribution in [0.15, 0.2) is 42.7 Å². The van der Waals surface area contributed by atoms with Crippen LogP contribution in [0.2, 0.25) is 0 Å². The van der Waals surface area contributed by atoms with Crippen LogP contribution in [0, 0.1) is 18.7 Å². The number of nitrogens with zero attached hydrogens (tertiary/aromatic N) is 1. The molecule has 24 heavy (non-hydrogen) atoms. The fourth-order valence-corrected chi connectivity index (χ4v) is 3.10. The zero-order chi connectivity index (χ0) is 17.1. The van der Waals surface area contributed by atoms with Crippen molar-refractivity contribution >= 4 is 5.91 Å². The first-order chi connectivity index (χ1) is 11.5. The molecular weight excluding hydrogens is 307 g/mol. The first kappa shape index (κ1) is 16.6. The lowest BCUT2D eigenvalue weighted by atomic mass is 9.75. The summed E-state index contributed by atoms with van der Waals surface area (Å²) in [5.41, 5.74) is 1.99. The van der Waals surface area contributed by atoms with Gasteiger partial charge in [0.15, 0.2) is 0 Å². The Morgan fingerprint density at radius 3 is 2.67 bits per heavy atom. The number of carbonyl (C=O) groups is 1. The van der Waals surface area contributed by atoms with Crippen molar-refractivity contribution in [1.82, 2.24) is 10.3 Å². The molecule has 3 rings (SSSR count). The van der Waals surface area contributed by atoms with E-state index < -0.39 is 0 Å². The molecule has 1 atom stereocenters. The molecule has 1 saturated carbocycles. The van der Waals surface area contributed by atoms with Crippen LogP contribution in [0.25, 0.3) is 0 Å². The fraction of sp³-hybridized carbons (Fsp3) is 0.368. The number of aromatic nitrogens is 1. The Hall–Kier alpha value is -2.27. The Bertz CT molecular complexity index is 715. The van der Waals surface area contributed by atoms with E-state index in [0.29, 0.717) is 30.4 Å². The SMILES string of the molecule is Cc1cc(C(=O)N[C@@H](Cc2ccncc2)C2CC(O)C2)ccc1F. The smallest absolute Gasteiger partial charge is 0.251 e. The van der Waals surface area contributed by atoms with Crippen LogP contribution >= 0.6 is 0 Å². The zero-order valence-corrected chi connectivity index (χ0v) is 13.6. The third-order valence-electron chi connectivity index (χ3n) is 4.66. The molecule has 0 aliphatic heterocycles. The number of rotatable bonds is 5. The molecule has 0 radical (unpaired) electrons. The van der Waals surface area contributed by atoms with Crippen molar-refractivity contribution in [3.05, 3.63) is 65.2 Å². The molecule has 1 heterocycles. The van der Waals surface area contributed by atoms with Gasteiger partial charge in [-0.1, -0.05) is 0 Å². The summed E-state index contributed by atoms with van der Waals surface area (Å²) in [6, 6.07) is 8.16. The van der Waals surface area contributed by atoms with E-state index in [0.717, 1.165) is 5.56 Å². The first-order valence-electron chi connectivity index (χ1n) is 8.17. The maximum absolute atomic E-state index is 13.4. The number of halogens is 1. The number of benzene rings is 1. The van der Waals surface area contributed by atoms with Gasteiger partial charge in [0.2, 0.25) is 0 Å². The number of aryl methyl sites for hydroxylation is 1. The topological polar surface area (TPSA) is 62.2 Å². The molecule has 1 aromatic heterocycles. The quantitative estimate of drug-likeness (QED) is 0.887. The summed E-state index contributed by atoms with van der Waals surface area (Å²) in [6.07, 6.45) is 5.25. The summed E-state index contributed by atoms with van der Waals surface area (Å²) in [6.45, 7) is 1.64. The molecule has 1 aliphatic carbocycles. The predicted molar refractivity (Wildman–Crippen MR) is 89.1 cm³/mol. The standard InChI is InChI=1S/C19H21FN2O2/c1-12-8-14(2-3-17(12)20)19(24)22-18(15-10-16(23)11-15)9-13-4-6-21-7-5-13/h2-8,15-16,18,23H,9-11H2,1H3,(H,22,24)/t15?,16?,18-/m0/s1. The Morgan fingerprint density at radius 2 is 2.04 bits per heavy atom. The lowest BCUT2D eigenvalue weighted by Crippen LogP contribution is -2.48. The first-order valence-corrected chi connectivity index (χ1v) is 8.17. The number of aliphatic hydroxyl groups excluding tert-OH is 1. The van der Waals surface area contributed by atoms with E-state index in [-0.39, 0.29) is 29.8 Å². The van der Waals surface area contributed by atoms with Gasteiger partial charge in [-0.2, -0.15) is 0 Å². The summed E-state index contributed by atoms with van der Waals surface area (Å²) >= 11 is 0. The second-order valence-corrected chi connectivity index (χ2v) is 6.49. The molecule has 0 saturated heterocycles. The highest BCUT2D eigenvalue weighted by atomic mass is 19.1. The van der Waals surface area contributed by atoms with Crippen molar-refractivity contribution in [2.45, 2.75) is 38.3 Å². The van der Waals surface area contributed by atoms with Crippen LogP contribution < -0.4 is 5.32 Å². The van der Waals surface area contributed by atoms with E-state index in [2.05, 4.69) is 10.3 Å². The summed E-state index contributed by atoms with van der Waals surface area (Å²) in [5, 5.41) is 12.6. The predicted octanol–water partition coefficient (Wildman–Crippen LogP) is 2.64. The number of nitrogens with one attached hydrogen (secondary N) is 1. The van der Waals surface area contributed by atoms with E-state index in [9.17, 15) is 14.3 Å². The maximum atomic E-state index is 13.4. The normalized spacial score (nSPS) is 21.0. The average Bonchev–Trinajstić information content (AvgIpc) is 2.55. The van der Waals surface area contributed by atoms with Gasteiger partial charge >= 0.3 is 0 Å². The van der Waals surface area contributed by atoms with Crippen molar-refractivity contribution in [3.8, 4) is 0 Å². The molecule has 1 aromatic carbocycles. The Morgan fingerprint density at radius 1 is 1.33 bits per heavy atom. The van der Waals surface area contributed by atoms with Gasteiger partial charge in [-0.25, -0.2) is 4.39 Å². The monoisotopic (exact) mass is 328 g/mol. The summed E-state index contributed by atoms with van der Waals surface area (Å²) in [5.74, 6) is -0.279. The van der Waals surface area contributed by atoms with Crippen LogP contribution in [0.4, 0.5) is 4.39 Å². The van der Waals surface area contributed by atoms with Crippen molar-refractivity contribution in [2.75, 3.05) is 0 Å². The minimum atomic E-state index is -0.318. The molecule has 1 fully saturated rings. The van der Waals surface area contributed by atoms with Crippen molar-refractivity contribution < 1.29 is 14.3 Å². The minimum Gasteiger partial charge on any atom is -0.393 e. The summed E-state index contributed by atoms with van der Waals surface area (Å²) in [7, 11) is 0. The third kappa shape index (κ3) is 3.79. The van der Waals surface area contributed by atoms with Gasteiger partial charge in [-0.15, -0.1) is 0 Å². The molecule has 126 valence electrons. The van der Waals surface area contributed by atoms with Crippen molar-refractivity contribution in [2.24, 2.45) is 5.92 Å². The number of carbonyl (C=O) groups excluding carboxylic acids is 1. The Labute approximate surface area is 140 Å².